The summed E-state index contributed by atoms with van der Waals surface area (Å²) in [5, 5.41) is 3.62. The molecule has 0 aromatic carbocycles. The van der Waals surface area contributed by atoms with Crippen LogP contribution < -0.4 is 5.73 Å². The van der Waals surface area contributed by atoms with Crippen molar-refractivity contribution in [2.75, 3.05) is 6.61 Å². The molecular formula is C21H38N2O3. The van der Waals surface area contributed by atoms with Crippen LogP contribution in [0.25, 0.3) is 0 Å². The van der Waals surface area contributed by atoms with Gasteiger partial charge >= 0.3 is 5.97 Å². The maximum absolute atomic E-state index is 11.7. The van der Waals surface area contributed by atoms with E-state index in [1.807, 2.05) is 0 Å². The second-order valence-corrected chi connectivity index (χ2v) is 7.14. The molecular weight excluding hydrogens is 328 g/mol. The number of allylic oxidation sites excluding steroid dienone is 2. The highest BCUT2D eigenvalue weighted by Gasteiger charge is 2.23. The summed E-state index contributed by atoms with van der Waals surface area (Å²) in [4.78, 5) is 16.4. The maximum Gasteiger partial charge on any atom is 0.312 e. The number of carbonyl (C=O) groups is 1. The molecule has 0 aromatic rings. The Bertz CT molecular complexity index is 421. The van der Waals surface area contributed by atoms with E-state index >= 15 is 0 Å². The molecule has 0 spiro atoms. The van der Waals surface area contributed by atoms with E-state index in [2.05, 4.69) is 24.2 Å². The first kappa shape index (κ1) is 22.7. The molecule has 0 fully saturated rings. The molecule has 1 aliphatic rings. The molecule has 0 aliphatic carbocycles. The third kappa shape index (κ3) is 12.1. The predicted octanol–water partition coefficient (Wildman–Crippen LogP) is 5.24. The van der Waals surface area contributed by atoms with Crippen molar-refractivity contribution in [1.82, 2.24) is 0 Å². The van der Waals surface area contributed by atoms with Crippen LogP contribution in [0.3, 0.4) is 0 Å². The molecule has 150 valence electrons. The molecule has 5 nitrogen and oxygen atoms in total. The number of hydrogen-bond donors (Lipinski definition) is 1. The van der Waals surface area contributed by atoms with Gasteiger partial charge in [-0.15, -0.1) is 0 Å². The molecule has 1 rings (SSSR count). The molecule has 1 aliphatic heterocycles. The summed E-state index contributed by atoms with van der Waals surface area (Å²) in [5.74, 6) is -0.0509. The van der Waals surface area contributed by atoms with Gasteiger partial charge in [-0.3, -0.25) is 4.79 Å². The van der Waals surface area contributed by atoms with Crippen LogP contribution in [0, 0.1) is 0 Å². The Balaban J connectivity index is 1.81. The van der Waals surface area contributed by atoms with Crippen molar-refractivity contribution in [2.24, 2.45) is 10.9 Å². The lowest BCUT2D eigenvalue weighted by Crippen LogP contribution is -2.33. The zero-order valence-corrected chi connectivity index (χ0v) is 16.6. The van der Waals surface area contributed by atoms with E-state index in [0.29, 0.717) is 6.42 Å². The highest BCUT2D eigenvalue weighted by Crippen LogP contribution is 2.11. The monoisotopic (exact) mass is 366 g/mol. The zero-order valence-electron chi connectivity index (χ0n) is 16.6. The smallest absolute Gasteiger partial charge is 0.312 e. The third-order valence-electron chi connectivity index (χ3n) is 4.59. The first-order valence-corrected chi connectivity index (χ1v) is 10.5. The summed E-state index contributed by atoms with van der Waals surface area (Å²) >= 11 is 0. The first-order chi connectivity index (χ1) is 12.7. The van der Waals surface area contributed by atoms with Crippen molar-refractivity contribution in [1.29, 1.82) is 0 Å². The normalized spacial score (nSPS) is 16.7. The summed E-state index contributed by atoms with van der Waals surface area (Å²) in [6.45, 7) is 2.55. The lowest BCUT2D eigenvalue weighted by molar-refractivity contribution is -0.135. The SMILES string of the molecule is CCCCCCCC/C=C\CCCCCCCC(=O)OC1=NOC[C@H]1N. The highest BCUT2D eigenvalue weighted by atomic mass is 16.7. The minimum absolute atomic E-state index is 0.211. The minimum Gasteiger partial charge on any atom is -0.406 e. The van der Waals surface area contributed by atoms with Crippen molar-refractivity contribution < 1.29 is 14.4 Å². The van der Waals surface area contributed by atoms with Gasteiger partial charge in [0.25, 0.3) is 5.90 Å². The number of unbranched alkanes of at least 4 members (excludes halogenated alkanes) is 11. The lowest BCUT2D eigenvalue weighted by atomic mass is 10.1. The number of nitrogens with two attached hydrogens (primary N) is 1. The molecule has 2 N–H and O–H groups in total. The maximum atomic E-state index is 11.7. The number of esters is 1. The number of ether oxygens (including phenoxy) is 1. The molecule has 26 heavy (non-hydrogen) atoms. The third-order valence-corrected chi connectivity index (χ3v) is 4.59. The van der Waals surface area contributed by atoms with Crippen molar-refractivity contribution in [2.45, 2.75) is 103 Å². The summed E-state index contributed by atoms with van der Waals surface area (Å²) in [7, 11) is 0. The van der Waals surface area contributed by atoms with E-state index in [0.717, 1.165) is 12.8 Å². The van der Waals surface area contributed by atoms with Gasteiger partial charge in [-0.2, -0.15) is 0 Å². The molecule has 1 heterocycles. The Morgan fingerprint density at radius 2 is 1.62 bits per heavy atom. The molecule has 0 saturated carbocycles. The van der Waals surface area contributed by atoms with Gasteiger partial charge in [0.05, 0.1) is 0 Å². The van der Waals surface area contributed by atoms with Gasteiger partial charge < -0.3 is 15.3 Å². The molecule has 0 bridgehead atoms. The number of nitrogens with zero attached hydrogens (tertiary/aromatic N) is 1. The minimum atomic E-state index is -0.409. The van der Waals surface area contributed by atoms with Crippen molar-refractivity contribution >= 4 is 11.9 Å². The van der Waals surface area contributed by atoms with Crippen molar-refractivity contribution in [3.63, 3.8) is 0 Å². The Kier molecular flexibility index (Phi) is 13.8. The van der Waals surface area contributed by atoms with E-state index in [-0.39, 0.29) is 18.5 Å². The van der Waals surface area contributed by atoms with Crippen LogP contribution in [-0.2, 0) is 14.4 Å². The van der Waals surface area contributed by atoms with E-state index in [1.165, 1.54) is 70.6 Å². The molecule has 0 aromatic heterocycles. The average molecular weight is 367 g/mol. The average Bonchev–Trinajstić information content (AvgIpc) is 3.03. The molecule has 1 atom stereocenters. The first-order valence-electron chi connectivity index (χ1n) is 10.5. The van der Waals surface area contributed by atoms with Crippen LogP contribution in [-0.4, -0.2) is 24.5 Å². The molecule has 0 saturated heterocycles. The molecule has 0 radical (unpaired) electrons. The van der Waals surface area contributed by atoms with Gasteiger partial charge in [0.15, 0.2) is 0 Å². The van der Waals surface area contributed by atoms with Crippen molar-refractivity contribution in [3.8, 4) is 0 Å². The predicted molar refractivity (Wildman–Crippen MR) is 107 cm³/mol. The fourth-order valence-corrected chi connectivity index (χ4v) is 2.92. The van der Waals surface area contributed by atoms with E-state index < -0.39 is 6.04 Å². The second kappa shape index (κ2) is 15.9. The van der Waals surface area contributed by atoms with E-state index in [9.17, 15) is 4.79 Å². The molecule has 0 amide bonds. The summed E-state index contributed by atoms with van der Waals surface area (Å²) < 4.78 is 5.09. The van der Waals surface area contributed by atoms with Crippen LogP contribution in [0.2, 0.25) is 0 Å². The van der Waals surface area contributed by atoms with Gasteiger partial charge in [0, 0.05) is 6.42 Å². The number of hydrogen-bond acceptors (Lipinski definition) is 5. The number of carbonyl (C=O) groups excluding carboxylic acids is 1. The largest absolute Gasteiger partial charge is 0.406 e. The zero-order chi connectivity index (χ0) is 18.9. The topological polar surface area (TPSA) is 73.9 Å². The fraction of sp³-hybridized carbons (Fsp3) is 0.810. The van der Waals surface area contributed by atoms with Crippen LogP contribution in [0.5, 0.6) is 0 Å². The second-order valence-electron chi connectivity index (χ2n) is 7.14. The number of oxime groups is 1. The Morgan fingerprint density at radius 3 is 2.19 bits per heavy atom. The van der Waals surface area contributed by atoms with Gasteiger partial charge in [-0.05, 0) is 37.3 Å². The summed E-state index contributed by atoms with van der Waals surface area (Å²) in [6, 6.07) is -0.409. The van der Waals surface area contributed by atoms with E-state index in [4.69, 9.17) is 15.3 Å². The lowest BCUT2D eigenvalue weighted by Gasteiger charge is -2.05. The standard InChI is InChI=1S/C21H38N2O3/c1-2-3-4-5-6-7-8-9-10-11-12-13-14-15-16-17-20(24)26-21-19(22)18-25-23-21/h9-10,19H,2-8,11-18,22H2,1H3/b10-9-/t19-/m1/s1. The van der Waals surface area contributed by atoms with E-state index in [1.54, 1.807) is 0 Å². The van der Waals surface area contributed by atoms with Gasteiger partial charge in [-0.25, -0.2) is 0 Å². The number of rotatable bonds is 15. The summed E-state index contributed by atoms with van der Waals surface area (Å²) in [5.41, 5.74) is 5.67. The van der Waals surface area contributed by atoms with Crippen LogP contribution >= 0.6 is 0 Å². The van der Waals surface area contributed by atoms with Crippen LogP contribution in [0.4, 0.5) is 0 Å². The quantitative estimate of drug-likeness (QED) is 0.244. The van der Waals surface area contributed by atoms with Crippen LogP contribution in [0.15, 0.2) is 17.3 Å². The highest BCUT2D eigenvalue weighted by molar-refractivity contribution is 5.92. The molecule has 5 heteroatoms. The fourth-order valence-electron chi connectivity index (χ4n) is 2.92. The molecule has 0 unspecified atom stereocenters. The van der Waals surface area contributed by atoms with Crippen molar-refractivity contribution in [3.05, 3.63) is 12.2 Å². The van der Waals surface area contributed by atoms with Crippen LogP contribution in [0.1, 0.15) is 96.8 Å². The Labute approximate surface area is 159 Å². The Hall–Kier alpha value is -1.36. The summed E-state index contributed by atoms with van der Waals surface area (Å²) in [6.07, 6.45) is 21.3. The van der Waals surface area contributed by atoms with Gasteiger partial charge in [-0.1, -0.05) is 70.4 Å². The Morgan fingerprint density at radius 1 is 1.04 bits per heavy atom. The van der Waals surface area contributed by atoms with Gasteiger partial charge in [0.2, 0.25) is 0 Å². The van der Waals surface area contributed by atoms with Gasteiger partial charge in [0.1, 0.15) is 12.6 Å².